The smallest absolute Gasteiger partial charge is 0.219 e. The predicted octanol–water partition coefficient (Wildman–Crippen LogP) is 5.19. The van der Waals surface area contributed by atoms with Gasteiger partial charge in [0.05, 0.1) is 0 Å². The van der Waals surface area contributed by atoms with E-state index >= 15 is 0 Å². The Labute approximate surface area is 174 Å². The van der Waals surface area contributed by atoms with E-state index in [1.165, 1.54) is 11.8 Å². The SMILES string of the molecule is CC(=O)N1[C@@H](C)CC(O)(Sc2cc(C(C)(C)C)c(O)c(C(C)(C)C)c2)C[C@@H]1C. The van der Waals surface area contributed by atoms with E-state index in [1.807, 2.05) is 30.9 Å². The molecule has 1 aliphatic heterocycles. The molecule has 1 amide bonds. The third-order valence-corrected chi connectivity index (χ3v) is 6.73. The molecule has 1 heterocycles. The van der Waals surface area contributed by atoms with Crippen molar-refractivity contribution in [1.29, 1.82) is 0 Å². The molecule has 0 saturated carbocycles. The Morgan fingerprint density at radius 1 is 1.04 bits per heavy atom. The number of aromatic hydroxyl groups is 1. The van der Waals surface area contributed by atoms with E-state index in [0.29, 0.717) is 18.6 Å². The summed E-state index contributed by atoms with van der Waals surface area (Å²) in [5.74, 6) is 0.409. The average molecular weight is 408 g/mol. The summed E-state index contributed by atoms with van der Waals surface area (Å²) in [6.07, 6.45) is 1.05. The molecule has 1 fully saturated rings. The maximum absolute atomic E-state index is 11.9. The number of benzene rings is 1. The van der Waals surface area contributed by atoms with Crippen molar-refractivity contribution in [3.63, 3.8) is 0 Å². The highest BCUT2D eigenvalue weighted by atomic mass is 32.2. The van der Waals surface area contributed by atoms with Gasteiger partial charge in [-0.15, -0.1) is 0 Å². The fraction of sp³-hybridized carbons (Fsp3) is 0.696. The summed E-state index contributed by atoms with van der Waals surface area (Å²) in [6.45, 7) is 18.1. The molecule has 0 spiro atoms. The molecule has 2 N–H and O–H groups in total. The van der Waals surface area contributed by atoms with Gasteiger partial charge >= 0.3 is 0 Å². The van der Waals surface area contributed by atoms with Crippen LogP contribution in [-0.4, -0.2) is 38.0 Å². The van der Waals surface area contributed by atoms with Gasteiger partial charge in [0, 0.05) is 47.9 Å². The fourth-order valence-corrected chi connectivity index (χ4v) is 5.81. The zero-order chi connectivity index (χ0) is 21.7. The Balaban J connectivity index is 2.45. The maximum Gasteiger partial charge on any atom is 0.219 e. The first-order valence-corrected chi connectivity index (χ1v) is 10.9. The summed E-state index contributed by atoms with van der Waals surface area (Å²) in [7, 11) is 0. The predicted molar refractivity (Wildman–Crippen MR) is 117 cm³/mol. The molecular weight excluding hydrogens is 370 g/mol. The Morgan fingerprint density at radius 2 is 1.43 bits per heavy atom. The van der Waals surface area contributed by atoms with Crippen molar-refractivity contribution in [2.45, 2.75) is 108 Å². The minimum atomic E-state index is -0.938. The largest absolute Gasteiger partial charge is 0.507 e. The molecule has 1 aromatic carbocycles. The number of hydrogen-bond donors (Lipinski definition) is 2. The topological polar surface area (TPSA) is 60.8 Å². The summed E-state index contributed by atoms with van der Waals surface area (Å²) in [5.41, 5.74) is 1.38. The van der Waals surface area contributed by atoms with Crippen LogP contribution in [0.4, 0.5) is 0 Å². The highest BCUT2D eigenvalue weighted by Crippen LogP contribution is 2.47. The van der Waals surface area contributed by atoms with E-state index < -0.39 is 4.93 Å². The van der Waals surface area contributed by atoms with Crippen molar-refractivity contribution in [1.82, 2.24) is 4.90 Å². The number of likely N-dealkylation sites (tertiary alicyclic amines) is 1. The van der Waals surface area contributed by atoms with Crippen LogP contribution in [0.25, 0.3) is 0 Å². The van der Waals surface area contributed by atoms with E-state index in [0.717, 1.165) is 16.0 Å². The van der Waals surface area contributed by atoms with Crippen molar-refractivity contribution < 1.29 is 15.0 Å². The molecule has 2 rings (SSSR count). The minimum absolute atomic E-state index is 0.0139. The first-order chi connectivity index (χ1) is 12.5. The Bertz CT molecular complexity index is 698. The monoisotopic (exact) mass is 407 g/mol. The van der Waals surface area contributed by atoms with Crippen LogP contribution in [0, 0.1) is 0 Å². The van der Waals surface area contributed by atoms with E-state index in [2.05, 4.69) is 41.5 Å². The van der Waals surface area contributed by atoms with Gasteiger partial charge in [0.25, 0.3) is 0 Å². The zero-order valence-electron chi connectivity index (χ0n) is 18.9. The van der Waals surface area contributed by atoms with Gasteiger partial charge in [-0.3, -0.25) is 4.79 Å². The first kappa shape index (κ1) is 23.1. The molecule has 28 heavy (non-hydrogen) atoms. The molecule has 5 heteroatoms. The van der Waals surface area contributed by atoms with Gasteiger partial charge in [-0.1, -0.05) is 53.3 Å². The number of carbonyl (C=O) groups is 1. The Kier molecular flexibility index (Phi) is 6.24. The third kappa shape index (κ3) is 4.85. The number of aliphatic hydroxyl groups is 1. The summed E-state index contributed by atoms with van der Waals surface area (Å²) in [4.78, 5) is 13.8. The molecule has 4 nitrogen and oxygen atoms in total. The van der Waals surface area contributed by atoms with Crippen molar-refractivity contribution in [2.24, 2.45) is 0 Å². The van der Waals surface area contributed by atoms with Crippen LogP contribution in [0.1, 0.15) is 86.3 Å². The molecule has 0 radical (unpaired) electrons. The van der Waals surface area contributed by atoms with Gasteiger partial charge < -0.3 is 15.1 Å². The second kappa shape index (κ2) is 7.56. The minimum Gasteiger partial charge on any atom is -0.507 e. The van der Waals surface area contributed by atoms with Gasteiger partial charge in [-0.2, -0.15) is 0 Å². The molecule has 0 bridgehead atoms. The zero-order valence-corrected chi connectivity index (χ0v) is 19.7. The summed E-state index contributed by atoms with van der Waals surface area (Å²) in [6, 6.07) is 4.00. The second-order valence-corrected chi connectivity index (χ2v) is 11.9. The standard InChI is InChI=1S/C23H37NO3S/c1-14-12-23(27,13-15(2)24(14)16(3)25)28-17-10-18(21(4,5)6)20(26)19(11-17)22(7,8)9/h10-11,14-15,26-27H,12-13H2,1-9H3/t14-,15-/m0/s1. The summed E-state index contributed by atoms with van der Waals surface area (Å²) < 4.78 is 0. The van der Waals surface area contributed by atoms with Gasteiger partial charge in [0.2, 0.25) is 5.91 Å². The number of hydrogen-bond acceptors (Lipinski definition) is 4. The number of thioether (sulfide) groups is 1. The molecule has 1 saturated heterocycles. The van der Waals surface area contributed by atoms with Gasteiger partial charge in [0.15, 0.2) is 0 Å². The number of phenols is 1. The lowest BCUT2D eigenvalue weighted by molar-refractivity contribution is -0.138. The molecule has 0 aromatic heterocycles. The fourth-order valence-electron chi connectivity index (χ4n) is 4.37. The molecular formula is C23H37NO3S. The number of rotatable bonds is 2. The lowest BCUT2D eigenvalue weighted by atomic mass is 9.79. The normalized spacial score (nSPS) is 26.4. The van der Waals surface area contributed by atoms with E-state index in [9.17, 15) is 15.0 Å². The quantitative estimate of drug-likeness (QED) is 0.663. The van der Waals surface area contributed by atoms with Crippen LogP contribution in [-0.2, 0) is 15.6 Å². The number of amides is 1. The van der Waals surface area contributed by atoms with Crippen LogP contribution in [0.5, 0.6) is 5.75 Å². The number of phenolic OH excluding ortho intramolecular Hbond substituents is 1. The number of piperidine rings is 1. The van der Waals surface area contributed by atoms with Crippen LogP contribution < -0.4 is 0 Å². The molecule has 0 unspecified atom stereocenters. The number of nitrogens with zero attached hydrogens (tertiary/aromatic N) is 1. The average Bonchev–Trinajstić information content (AvgIpc) is 2.44. The molecule has 1 aromatic rings. The van der Waals surface area contributed by atoms with E-state index in [1.54, 1.807) is 6.92 Å². The lowest BCUT2D eigenvalue weighted by Crippen LogP contribution is -2.54. The van der Waals surface area contributed by atoms with Gasteiger partial charge in [-0.05, 0) is 36.8 Å². The molecule has 1 aliphatic rings. The van der Waals surface area contributed by atoms with Gasteiger partial charge in [0.1, 0.15) is 10.7 Å². The second-order valence-electron chi connectivity index (χ2n) is 10.4. The lowest BCUT2D eigenvalue weighted by Gasteiger charge is -2.46. The first-order valence-electron chi connectivity index (χ1n) is 10.1. The number of carbonyl (C=O) groups excluding carboxylic acids is 1. The highest BCUT2D eigenvalue weighted by molar-refractivity contribution is 8.00. The van der Waals surface area contributed by atoms with Crippen molar-refractivity contribution in [2.75, 3.05) is 0 Å². The molecule has 2 atom stereocenters. The van der Waals surface area contributed by atoms with Crippen LogP contribution in [0.2, 0.25) is 0 Å². The summed E-state index contributed by atoms with van der Waals surface area (Å²) >= 11 is 1.46. The van der Waals surface area contributed by atoms with Crippen molar-refractivity contribution in [3.05, 3.63) is 23.3 Å². The van der Waals surface area contributed by atoms with Crippen LogP contribution in [0.3, 0.4) is 0 Å². The van der Waals surface area contributed by atoms with Crippen LogP contribution >= 0.6 is 11.8 Å². The maximum atomic E-state index is 11.9. The van der Waals surface area contributed by atoms with Crippen LogP contribution in [0.15, 0.2) is 17.0 Å². The molecule has 0 aliphatic carbocycles. The molecule has 158 valence electrons. The third-order valence-electron chi connectivity index (χ3n) is 5.55. The van der Waals surface area contributed by atoms with E-state index in [4.69, 9.17) is 0 Å². The van der Waals surface area contributed by atoms with Crippen molar-refractivity contribution >= 4 is 17.7 Å². The van der Waals surface area contributed by atoms with Crippen molar-refractivity contribution in [3.8, 4) is 5.75 Å². The van der Waals surface area contributed by atoms with Gasteiger partial charge in [-0.25, -0.2) is 0 Å². The Morgan fingerprint density at radius 3 is 1.75 bits per heavy atom. The van der Waals surface area contributed by atoms with E-state index in [-0.39, 0.29) is 28.8 Å². The summed E-state index contributed by atoms with van der Waals surface area (Å²) in [5, 5.41) is 22.3. The highest BCUT2D eigenvalue weighted by Gasteiger charge is 2.42. The Hall–Kier alpha value is -1.20.